The van der Waals surface area contributed by atoms with Gasteiger partial charge in [-0.1, -0.05) is 26.3 Å². The van der Waals surface area contributed by atoms with Gasteiger partial charge in [-0.2, -0.15) is 0 Å². The Morgan fingerprint density at radius 1 is 0.706 bits per heavy atom. The first-order valence-electron chi connectivity index (χ1n) is 5.21. The first-order chi connectivity index (χ1) is 6.54. The fraction of sp³-hybridized carbons (Fsp3) is 0.667. The highest BCUT2D eigenvalue weighted by molar-refractivity contribution is 6.90. The van der Waals surface area contributed by atoms with Crippen LogP contribution in [0.4, 0.5) is 0 Å². The summed E-state index contributed by atoms with van der Waals surface area (Å²) in [6.45, 7) is 20.4. The van der Waals surface area contributed by atoms with E-state index in [2.05, 4.69) is 52.4 Å². The van der Waals surface area contributed by atoms with Crippen molar-refractivity contribution in [2.45, 2.75) is 54.1 Å². The van der Waals surface area contributed by atoms with Crippen LogP contribution in [0.1, 0.15) is 14.9 Å². The molecule has 0 aliphatic rings. The molecular formula is C12H32O2Si3. The molecule has 5 heteroatoms. The molecule has 0 N–H and O–H groups in total. The first kappa shape index (κ1) is 22.3. The van der Waals surface area contributed by atoms with Crippen molar-refractivity contribution >= 4 is 25.2 Å². The van der Waals surface area contributed by atoms with Gasteiger partial charge in [0.2, 0.25) is 0 Å². The van der Waals surface area contributed by atoms with Crippen LogP contribution in [0.25, 0.3) is 0 Å². The Bertz CT molecular complexity index is 224. The topological polar surface area (TPSA) is 18.5 Å². The minimum Gasteiger partial charge on any atom is -0.433 e. The Morgan fingerprint density at radius 3 is 1.12 bits per heavy atom. The molecule has 0 aliphatic carbocycles. The van der Waals surface area contributed by atoms with Crippen molar-refractivity contribution in [3.8, 4) is 0 Å². The van der Waals surface area contributed by atoms with Gasteiger partial charge in [0, 0.05) is 0 Å². The van der Waals surface area contributed by atoms with Crippen molar-refractivity contribution in [2.24, 2.45) is 0 Å². The molecule has 0 aromatic heterocycles. The van der Waals surface area contributed by atoms with E-state index in [0.717, 1.165) is 0 Å². The van der Waals surface area contributed by atoms with Gasteiger partial charge in [0.15, 0.2) is 16.6 Å². The predicted molar refractivity (Wildman–Crippen MR) is 88.5 cm³/mol. The second-order valence-corrected chi connectivity index (χ2v) is 16.9. The van der Waals surface area contributed by atoms with E-state index < -0.39 is 25.2 Å². The van der Waals surface area contributed by atoms with Crippen LogP contribution in [0, 0.1) is 0 Å². The molecule has 17 heavy (non-hydrogen) atoms. The summed E-state index contributed by atoms with van der Waals surface area (Å²) >= 11 is 0. The molecule has 0 fully saturated rings. The Hall–Kier alpha value is 0.0506. The molecule has 0 radical (unpaired) electrons. The van der Waals surface area contributed by atoms with Crippen molar-refractivity contribution in [3.05, 3.63) is 24.6 Å². The average molecular weight is 293 g/mol. The molecule has 2 nitrogen and oxygen atoms in total. The van der Waals surface area contributed by atoms with Crippen LogP contribution < -0.4 is 0 Å². The van der Waals surface area contributed by atoms with Gasteiger partial charge in [-0.05, 0) is 39.3 Å². The van der Waals surface area contributed by atoms with E-state index in [1.165, 1.54) is 0 Å². The molecule has 0 amide bonds. The van der Waals surface area contributed by atoms with E-state index in [4.69, 9.17) is 8.23 Å². The van der Waals surface area contributed by atoms with Gasteiger partial charge < -0.3 is 8.23 Å². The largest absolute Gasteiger partial charge is 0.433 e. The quantitative estimate of drug-likeness (QED) is 0.651. The minimum absolute atomic E-state index is 0. The number of rotatable bonds is 6. The highest BCUT2D eigenvalue weighted by atomic mass is 28.5. The standard InChI is InChI=1S/C10H24O2Si3.2CH4/c1-9-13(3,4)11-15(7,8)12-14(5,6)10-2;;/h9-10H,1-2H2,3-8H3;2*1H4. The van der Waals surface area contributed by atoms with E-state index in [9.17, 15) is 0 Å². The fourth-order valence-corrected chi connectivity index (χ4v) is 12.7. The molecule has 104 valence electrons. The van der Waals surface area contributed by atoms with Gasteiger partial charge >= 0.3 is 8.56 Å². The van der Waals surface area contributed by atoms with Crippen LogP contribution in [-0.4, -0.2) is 25.2 Å². The molecular weight excluding hydrogens is 260 g/mol. The zero-order valence-electron chi connectivity index (χ0n) is 10.9. The van der Waals surface area contributed by atoms with Crippen molar-refractivity contribution in [1.82, 2.24) is 0 Å². The minimum atomic E-state index is -2.04. The maximum atomic E-state index is 6.14. The van der Waals surface area contributed by atoms with Crippen LogP contribution in [-0.2, 0) is 8.23 Å². The van der Waals surface area contributed by atoms with E-state index in [1.807, 2.05) is 11.4 Å². The van der Waals surface area contributed by atoms with Crippen LogP contribution in [0.15, 0.2) is 24.6 Å². The average Bonchev–Trinajstić information content (AvgIpc) is 2.00. The van der Waals surface area contributed by atoms with Crippen LogP contribution >= 0.6 is 0 Å². The zero-order chi connectivity index (χ0) is 12.3. The van der Waals surface area contributed by atoms with Crippen molar-refractivity contribution in [3.63, 3.8) is 0 Å². The summed E-state index contributed by atoms with van der Waals surface area (Å²) in [5.74, 6) is 0. The molecule has 0 bridgehead atoms. The third-order valence-corrected chi connectivity index (χ3v) is 12.1. The fourth-order valence-electron chi connectivity index (χ4n) is 1.37. The third-order valence-electron chi connectivity index (χ3n) is 2.00. The molecule has 0 heterocycles. The summed E-state index contributed by atoms with van der Waals surface area (Å²) in [5.41, 5.74) is 3.90. The van der Waals surface area contributed by atoms with Gasteiger partial charge in [-0.3, -0.25) is 0 Å². The van der Waals surface area contributed by atoms with Crippen LogP contribution in [0.5, 0.6) is 0 Å². The summed E-state index contributed by atoms with van der Waals surface area (Å²) in [6, 6.07) is 0. The SMILES string of the molecule is C.C.C=C[Si](C)(C)O[Si](C)(C)O[Si](C)(C)C=C. The smallest absolute Gasteiger partial charge is 0.311 e. The lowest BCUT2D eigenvalue weighted by Gasteiger charge is -2.36. The molecule has 0 unspecified atom stereocenters. The Kier molecular flexibility index (Phi) is 9.79. The lowest BCUT2D eigenvalue weighted by Crippen LogP contribution is -2.51. The normalized spacial score (nSPS) is 12.1. The Balaban J connectivity index is -0.000000980. The predicted octanol–water partition coefficient (Wildman–Crippen LogP) is 4.85. The Labute approximate surface area is 112 Å². The third kappa shape index (κ3) is 9.73. The monoisotopic (exact) mass is 292 g/mol. The molecule has 0 rings (SSSR count). The molecule has 0 aromatic carbocycles. The van der Waals surface area contributed by atoms with Crippen molar-refractivity contribution in [1.29, 1.82) is 0 Å². The molecule has 0 spiro atoms. The highest BCUT2D eigenvalue weighted by Gasteiger charge is 2.37. The maximum Gasteiger partial charge on any atom is 0.311 e. The maximum absolute atomic E-state index is 6.14. The highest BCUT2D eigenvalue weighted by Crippen LogP contribution is 2.21. The van der Waals surface area contributed by atoms with Gasteiger partial charge in [-0.25, -0.2) is 0 Å². The Morgan fingerprint density at radius 2 is 0.941 bits per heavy atom. The summed E-state index contributed by atoms with van der Waals surface area (Å²) in [4.78, 5) is 0. The second-order valence-electron chi connectivity index (χ2n) is 5.22. The molecule has 0 saturated heterocycles. The van der Waals surface area contributed by atoms with E-state index in [1.54, 1.807) is 0 Å². The van der Waals surface area contributed by atoms with Crippen molar-refractivity contribution < 1.29 is 8.23 Å². The lowest BCUT2D eigenvalue weighted by atomic mass is 11.3. The number of hydrogen-bond acceptors (Lipinski definition) is 2. The van der Waals surface area contributed by atoms with Crippen LogP contribution in [0.3, 0.4) is 0 Å². The van der Waals surface area contributed by atoms with E-state index in [0.29, 0.717) is 0 Å². The van der Waals surface area contributed by atoms with Gasteiger partial charge in [0.1, 0.15) is 0 Å². The zero-order valence-corrected chi connectivity index (χ0v) is 13.9. The molecule has 0 aliphatic heterocycles. The summed E-state index contributed by atoms with van der Waals surface area (Å²) in [7, 11) is -5.51. The summed E-state index contributed by atoms with van der Waals surface area (Å²) < 4.78 is 12.3. The van der Waals surface area contributed by atoms with Gasteiger partial charge in [0.25, 0.3) is 0 Å². The van der Waals surface area contributed by atoms with Crippen LogP contribution in [0.2, 0.25) is 39.3 Å². The van der Waals surface area contributed by atoms with Gasteiger partial charge in [0.05, 0.1) is 0 Å². The number of hydrogen-bond donors (Lipinski definition) is 0. The molecule has 0 aromatic rings. The summed E-state index contributed by atoms with van der Waals surface area (Å²) in [5, 5.41) is 0. The van der Waals surface area contributed by atoms with E-state index in [-0.39, 0.29) is 14.9 Å². The summed E-state index contributed by atoms with van der Waals surface area (Å²) in [6.07, 6.45) is 0. The lowest BCUT2D eigenvalue weighted by molar-refractivity contribution is 0.400. The van der Waals surface area contributed by atoms with Crippen molar-refractivity contribution in [2.75, 3.05) is 0 Å². The second kappa shape index (κ2) is 7.48. The van der Waals surface area contributed by atoms with Gasteiger partial charge in [-0.15, -0.1) is 13.2 Å². The first-order valence-corrected chi connectivity index (χ1v) is 14.0. The molecule has 0 saturated carbocycles. The molecule has 0 atom stereocenters. The van der Waals surface area contributed by atoms with E-state index >= 15 is 0 Å².